The van der Waals surface area contributed by atoms with E-state index in [-0.39, 0.29) is 52.6 Å². The van der Waals surface area contributed by atoms with E-state index in [0.29, 0.717) is 19.3 Å². The Kier molecular flexibility index (Phi) is 12.7. The maximum Gasteiger partial charge on any atom is 0.315 e. The van der Waals surface area contributed by atoms with Gasteiger partial charge in [-0.05, 0) is 103 Å². The standard InChI is InChI=1S/C46H74O17/c1-41(2)12-14-46(40(57)63-38-34(55)30(51)25(49)19-59-38)15-13-44(6)21(22(46)16-41)8-9-28-43(5)17-23(47)36(42(3,4)27(43)10-11-45(28,44)7)62-39-35(56)32(53)31(52)26(61-39)20-60-37-33(54)29(50)24(48)18-58-37/h8,22-39,47-56H,9-20H2,1-7H3. The lowest BCUT2D eigenvalue weighted by Crippen LogP contribution is -2.68. The molecule has 0 amide bonds. The first-order valence-corrected chi connectivity index (χ1v) is 23.2. The molecule has 360 valence electrons. The number of esters is 1. The molecule has 0 spiro atoms. The number of hydrogen-bond donors (Lipinski definition) is 10. The van der Waals surface area contributed by atoms with E-state index < -0.39 is 116 Å². The molecule has 63 heavy (non-hydrogen) atoms. The van der Waals surface area contributed by atoms with E-state index in [2.05, 4.69) is 54.5 Å². The number of rotatable bonds is 7. The lowest BCUT2D eigenvalue weighted by atomic mass is 9.33. The Bertz CT molecular complexity index is 1730. The number of aliphatic hydroxyl groups excluding tert-OH is 10. The Morgan fingerprint density at radius 3 is 1.94 bits per heavy atom. The first-order chi connectivity index (χ1) is 29.3. The molecule has 4 saturated carbocycles. The number of carbonyl (C=O) groups excluding carboxylic acids is 1. The highest BCUT2D eigenvalue weighted by atomic mass is 16.7. The van der Waals surface area contributed by atoms with E-state index in [0.717, 1.165) is 38.5 Å². The fourth-order valence-electron chi connectivity index (χ4n) is 14.5. The number of carbonyl (C=O) groups is 1. The molecule has 7 fully saturated rings. The number of ether oxygens (including phenoxy) is 6. The van der Waals surface area contributed by atoms with Gasteiger partial charge in [-0.1, -0.05) is 60.1 Å². The van der Waals surface area contributed by atoms with Gasteiger partial charge in [0.1, 0.15) is 61.0 Å². The molecule has 3 aliphatic heterocycles. The molecule has 3 heterocycles. The number of aliphatic hydroxyl groups is 10. The van der Waals surface area contributed by atoms with Crippen LogP contribution in [0.5, 0.6) is 0 Å². The molecule has 17 heteroatoms. The highest BCUT2D eigenvalue weighted by Crippen LogP contribution is 2.76. The summed E-state index contributed by atoms with van der Waals surface area (Å²) in [5.74, 6) is -0.355. The molecular formula is C46H74O17. The predicted octanol–water partition coefficient (Wildman–Crippen LogP) is 0.390. The molecule has 22 atom stereocenters. The van der Waals surface area contributed by atoms with Gasteiger partial charge in [0, 0.05) is 0 Å². The van der Waals surface area contributed by atoms with Crippen molar-refractivity contribution in [2.75, 3.05) is 19.8 Å². The number of hydrogen-bond acceptors (Lipinski definition) is 17. The van der Waals surface area contributed by atoms with Gasteiger partial charge >= 0.3 is 5.97 Å². The van der Waals surface area contributed by atoms with Crippen molar-refractivity contribution in [3.8, 4) is 0 Å². The minimum Gasteiger partial charge on any atom is -0.432 e. The van der Waals surface area contributed by atoms with Gasteiger partial charge < -0.3 is 79.5 Å². The Labute approximate surface area is 369 Å². The molecule has 0 aromatic carbocycles. The van der Waals surface area contributed by atoms with Gasteiger partial charge in [0.25, 0.3) is 0 Å². The van der Waals surface area contributed by atoms with Gasteiger partial charge in [-0.25, -0.2) is 0 Å². The predicted molar refractivity (Wildman–Crippen MR) is 220 cm³/mol. The summed E-state index contributed by atoms with van der Waals surface area (Å²) >= 11 is 0. The zero-order valence-electron chi connectivity index (χ0n) is 37.8. The highest BCUT2D eigenvalue weighted by Gasteiger charge is 2.71. The second-order valence-corrected chi connectivity index (χ2v) is 22.8. The SMILES string of the molecule is CC1(C)CCC2(C(=O)OC3OCC(O)C(O)C3O)CCC3(C)C(=CCC4C5(C)CC(O)C(OC6OC(COC7OCC(O)C(O)C7O)C(O)C(O)C6O)C(C)(C)C5CCC43C)C2C1. The van der Waals surface area contributed by atoms with Crippen molar-refractivity contribution in [3.05, 3.63) is 11.6 Å². The monoisotopic (exact) mass is 898 g/mol. The maximum atomic E-state index is 14.5. The van der Waals surface area contributed by atoms with Crippen LogP contribution in [0.4, 0.5) is 0 Å². The first kappa shape index (κ1) is 48.1. The molecular weight excluding hydrogens is 824 g/mol. The molecule has 0 aromatic rings. The average molecular weight is 899 g/mol. The minimum atomic E-state index is -1.70. The van der Waals surface area contributed by atoms with E-state index in [4.69, 9.17) is 28.4 Å². The second kappa shape index (κ2) is 16.7. The topological polar surface area (TPSA) is 275 Å². The smallest absolute Gasteiger partial charge is 0.315 e. The van der Waals surface area contributed by atoms with Crippen LogP contribution in [0.1, 0.15) is 106 Å². The molecule has 0 aromatic heterocycles. The number of fused-ring (bicyclic) bond motifs is 7. The third-order valence-corrected chi connectivity index (χ3v) is 18.4. The van der Waals surface area contributed by atoms with Gasteiger partial charge in [-0.2, -0.15) is 0 Å². The zero-order chi connectivity index (χ0) is 46.0. The molecule has 8 rings (SSSR count). The summed E-state index contributed by atoms with van der Waals surface area (Å²) in [6.07, 6.45) is -12.3. The van der Waals surface area contributed by atoms with Gasteiger partial charge in [0.2, 0.25) is 6.29 Å². The maximum absolute atomic E-state index is 14.5. The summed E-state index contributed by atoms with van der Waals surface area (Å²) < 4.78 is 35.0. The van der Waals surface area contributed by atoms with Crippen LogP contribution in [0.25, 0.3) is 0 Å². The van der Waals surface area contributed by atoms with Crippen LogP contribution in [0.3, 0.4) is 0 Å². The van der Waals surface area contributed by atoms with E-state index >= 15 is 0 Å². The van der Waals surface area contributed by atoms with E-state index in [1.165, 1.54) is 5.57 Å². The first-order valence-electron chi connectivity index (χ1n) is 23.2. The van der Waals surface area contributed by atoms with Gasteiger partial charge in [-0.3, -0.25) is 4.79 Å². The van der Waals surface area contributed by atoms with Gasteiger partial charge in [0.15, 0.2) is 12.6 Å². The fraction of sp³-hybridized carbons (Fsp3) is 0.935. The second-order valence-electron chi connectivity index (χ2n) is 22.8. The van der Waals surface area contributed by atoms with Crippen LogP contribution in [0.15, 0.2) is 11.6 Å². The Hall–Kier alpha value is -1.39. The molecule has 3 saturated heterocycles. The van der Waals surface area contributed by atoms with Crippen molar-refractivity contribution in [2.45, 2.75) is 198 Å². The van der Waals surface area contributed by atoms with Crippen LogP contribution >= 0.6 is 0 Å². The van der Waals surface area contributed by atoms with Crippen LogP contribution in [-0.4, -0.2) is 169 Å². The minimum absolute atomic E-state index is 0.0419. The van der Waals surface area contributed by atoms with Crippen LogP contribution in [0, 0.1) is 50.2 Å². The van der Waals surface area contributed by atoms with E-state index in [9.17, 15) is 55.9 Å². The Morgan fingerprint density at radius 1 is 0.667 bits per heavy atom. The quantitative estimate of drug-likeness (QED) is 0.0941. The van der Waals surface area contributed by atoms with E-state index in [1.807, 2.05) is 0 Å². The Balaban J connectivity index is 1.02. The largest absolute Gasteiger partial charge is 0.432 e. The fourth-order valence-corrected chi connectivity index (χ4v) is 14.5. The normalized spacial score (nSPS) is 54.1. The molecule has 0 bridgehead atoms. The summed E-state index contributed by atoms with van der Waals surface area (Å²) in [5, 5.41) is 106. The van der Waals surface area contributed by atoms with Gasteiger partial charge in [0.05, 0.1) is 37.4 Å². The van der Waals surface area contributed by atoms with E-state index in [1.54, 1.807) is 0 Å². The third-order valence-electron chi connectivity index (χ3n) is 18.4. The lowest BCUT2D eigenvalue weighted by molar-refractivity contribution is -0.349. The molecule has 8 aliphatic rings. The van der Waals surface area contributed by atoms with Crippen LogP contribution < -0.4 is 0 Å². The lowest BCUT2D eigenvalue weighted by Gasteiger charge is -2.71. The van der Waals surface area contributed by atoms with Crippen molar-refractivity contribution in [1.29, 1.82) is 0 Å². The van der Waals surface area contributed by atoms with Crippen molar-refractivity contribution in [2.24, 2.45) is 50.2 Å². The van der Waals surface area contributed by atoms with Crippen molar-refractivity contribution in [3.63, 3.8) is 0 Å². The summed E-state index contributed by atoms with van der Waals surface area (Å²) in [6.45, 7) is 14.7. The molecule has 5 aliphatic carbocycles. The molecule has 22 unspecified atom stereocenters. The summed E-state index contributed by atoms with van der Waals surface area (Å²) in [5.41, 5.74) is -1.15. The molecule has 10 N–H and O–H groups in total. The van der Waals surface area contributed by atoms with Crippen molar-refractivity contribution >= 4 is 5.97 Å². The third kappa shape index (κ3) is 7.59. The Morgan fingerprint density at radius 2 is 1.27 bits per heavy atom. The summed E-state index contributed by atoms with van der Waals surface area (Å²) in [7, 11) is 0. The van der Waals surface area contributed by atoms with Crippen LogP contribution in [-0.2, 0) is 33.2 Å². The summed E-state index contributed by atoms with van der Waals surface area (Å²) in [6, 6.07) is 0. The average Bonchev–Trinajstić information content (AvgIpc) is 3.21. The molecule has 17 nitrogen and oxygen atoms in total. The van der Waals surface area contributed by atoms with Crippen molar-refractivity contribution < 1.29 is 84.3 Å². The summed E-state index contributed by atoms with van der Waals surface area (Å²) in [4.78, 5) is 14.5. The molecule has 0 radical (unpaired) electrons. The van der Waals surface area contributed by atoms with Crippen molar-refractivity contribution in [1.82, 2.24) is 0 Å². The van der Waals surface area contributed by atoms with Gasteiger partial charge in [-0.15, -0.1) is 0 Å². The van der Waals surface area contributed by atoms with Crippen LogP contribution in [0.2, 0.25) is 0 Å². The highest BCUT2D eigenvalue weighted by molar-refractivity contribution is 5.79. The zero-order valence-corrected chi connectivity index (χ0v) is 37.8. The number of allylic oxidation sites excluding steroid dienone is 2.